The fraction of sp³-hybridized carbons (Fsp3) is 0.600. The zero-order chi connectivity index (χ0) is 13.8. The molecule has 2 nitrogen and oxygen atoms in total. The summed E-state index contributed by atoms with van der Waals surface area (Å²) in [6.45, 7) is 4.45. The number of alkyl halides is 2. The molecule has 3 unspecified atom stereocenters. The summed E-state index contributed by atoms with van der Waals surface area (Å²) in [7, 11) is 0. The lowest BCUT2D eigenvalue weighted by Gasteiger charge is -2.37. The number of ether oxygens (including phenoxy) is 1. The largest absolute Gasteiger partial charge is 0.370 e. The average molecular weight is 269 g/mol. The molecule has 0 saturated carbocycles. The number of halogens is 2. The SMILES string of the molecule is CCNC1c2ccccc2C(C)CC1OCC(F)F. The first-order valence-electron chi connectivity index (χ1n) is 6.85. The van der Waals surface area contributed by atoms with E-state index in [0.717, 1.165) is 13.0 Å². The van der Waals surface area contributed by atoms with Gasteiger partial charge in [-0.05, 0) is 30.0 Å². The number of hydrogen-bond acceptors (Lipinski definition) is 2. The molecule has 2 rings (SSSR count). The molecule has 0 amide bonds. The van der Waals surface area contributed by atoms with Crippen LogP contribution in [-0.2, 0) is 4.74 Å². The van der Waals surface area contributed by atoms with Crippen LogP contribution in [0.5, 0.6) is 0 Å². The number of rotatable bonds is 5. The second-order valence-corrected chi connectivity index (χ2v) is 5.06. The first kappa shape index (κ1) is 14.4. The Hall–Kier alpha value is -1.00. The molecule has 0 aromatic heterocycles. The van der Waals surface area contributed by atoms with Crippen molar-refractivity contribution in [2.45, 2.75) is 44.8 Å². The Bertz CT molecular complexity index is 411. The highest BCUT2D eigenvalue weighted by atomic mass is 19.3. The van der Waals surface area contributed by atoms with Crippen LogP contribution in [0.15, 0.2) is 24.3 Å². The number of likely N-dealkylation sites (N-methyl/N-ethyl adjacent to an activating group) is 1. The fourth-order valence-corrected chi connectivity index (χ4v) is 2.88. The standard InChI is InChI=1S/C15H21F2NO/c1-3-18-15-12-7-5-4-6-11(12)10(2)8-13(15)19-9-14(16)17/h4-7,10,13-15,18H,3,8-9H2,1-2H3. The molecular weight excluding hydrogens is 248 g/mol. The third-order valence-corrected chi connectivity index (χ3v) is 3.68. The topological polar surface area (TPSA) is 21.3 Å². The van der Waals surface area contributed by atoms with Gasteiger partial charge in [0.15, 0.2) is 0 Å². The number of nitrogens with one attached hydrogen (secondary N) is 1. The highest BCUT2D eigenvalue weighted by molar-refractivity contribution is 5.36. The quantitative estimate of drug-likeness (QED) is 0.883. The van der Waals surface area contributed by atoms with Crippen molar-refractivity contribution < 1.29 is 13.5 Å². The second-order valence-electron chi connectivity index (χ2n) is 5.06. The molecule has 0 aliphatic heterocycles. The summed E-state index contributed by atoms with van der Waals surface area (Å²) in [5, 5.41) is 3.37. The van der Waals surface area contributed by atoms with E-state index >= 15 is 0 Å². The minimum Gasteiger partial charge on any atom is -0.370 e. The predicted molar refractivity (Wildman–Crippen MR) is 71.6 cm³/mol. The molecule has 1 aromatic carbocycles. The van der Waals surface area contributed by atoms with E-state index in [-0.39, 0.29) is 12.1 Å². The van der Waals surface area contributed by atoms with Crippen LogP contribution in [0.1, 0.15) is 43.4 Å². The summed E-state index contributed by atoms with van der Waals surface area (Å²) in [6.07, 6.45) is -1.81. The molecule has 0 fully saturated rings. The second kappa shape index (κ2) is 6.44. The van der Waals surface area contributed by atoms with Crippen LogP contribution in [0, 0.1) is 0 Å². The van der Waals surface area contributed by atoms with Gasteiger partial charge in [0.05, 0.1) is 12.1 Å². The van der Waals surface area contributed by atoms with Crippen molar-refractivity contribution in [3.63, 3.8) is 0 Å². The van der Waals surface area contributed by atoms with Gasteiger partial charge < -0.3 is 10.1 Å². The average Bonchev–Trinajstić information content (AvgIpc) is 2.40. The maximum atomic E-state index is 12.4. The monoisotopic (exact) mass is 269 g/mol. The molecule has 0 bridgehead atoms. The van der Waals surface area contributed by atoms with Crippen LogP contribution >= 0.6 is 0 Å². The van der Waals surface area contributed by atoms with Crippen molar-refractivity contribution >= 4 is 0 Å². The molecule has 1 N–H and O–H groups in total. The molecule has 1 aliphatic rings. The number of hydrogen-bond donors (Lipinski definition) is 1. The Morgan fingerprint density at radius 2 is 2.00 bits per heavy atom. The Morgan fingerprint density at radius 3 is 2.63 bits per heavy atom. The van der Waals surface area contributed by atoms with Crippen molar-refractivity contribution in [1.29, 1.82) is 0 Å². The normalized spacial score (nSPS) is 26.5. The minimum absolute atomic E-state index is 0.0103. The highest BCUT2D eigenvalue weighted by Gasteiger charge is 2.33. The maximum absolute atomic E-state index is 12.4. The van der Waals surface area contributed by atoms with E-state index in [9.17, 15) is 8.78 Å². The van der Waals surface area contributed by atoms with E-state index < -0.39 is 13.0 Å². The summed E-state index contributed by atoms with van der Waals surface area (Å²) in [5.74, 6) is 0.341. The number of benzene rings is 1. The van der Waals surface area contributed by atoms with Crippen LogP contribution in [0.4, 0.5) is 8.78 Å². The van der Waals surface area contributed by atoms with Gasteiger partial charge in [-0.25, -0.2) is 8.78 Å². The van der Waals surface area contributed by atoms with Crippen LogP contribution < -0.4 is 5.32 Å². The summed E-state index contributed by atoms with van der Waals surface area (Å²) < 4.78 is 30.1. The van der Waals surface area contributed by atoms with Crippen LogP contribution in [0.2, 0.25) is 0 Å². The minimum atomic E-state index is -2.41. The van der Waals surface area contributed by atoms with Crippen molar-refractivity contribution in [1.82, 2.24) is 5.32 Å². The Labute approximate surface area is 113 Å². The van der Waals surface area contributed by atoms with E-state index in [2.05, 4.69) is 24.4 Å². The Morgan fingerprint density at radius 1 is 1.32 bits per heavy atom. The third-order valence-electron chi connectivity index (χ3n) is 3.68. The summed E-state index contributed by atoms with van der Waals surface area (Å²) in [4.78, 5) is 0. The molecule has 1 aliphatic carbocycles. The Kier molecular flexibility index (Phi) is 4.88. The molecule has 0 heterocycles. The number of fused-ring (bicyclic) bond motifs is 1. The van der Waals surface area contributed by atoms with Gasteiger partial charge in [0.25, 0.3) is 6.43 Å². The van der Waals surface area contributed by atoms with E-state index in [0.29, 0.717) is 5.92 Å². The molecular formula is C15H21F2NO. The van der Waals surface area contributed by atoms with E-state index in [4.69, 9.17) is 4.74 Å². The fourth-order valence-electron chi connectivity index (χ4n) is 2.88. The van der Waals surface area contributed by atoms with Gasteiger partial charge in [0.1, 0.15) is 6.61 Å². The molecule has 1 aromatic rings. The van der Waals surface area contributed by atoms with Gasteiger partial charge in [0.2, 0.25) is 0 Å². The van der Waals surface area contributed by atoms with Gasteiger partial charge in [-0.15, -0.1) is 0 Å². The molecule has 4 heteroatoms. The Balaban J connectivity index is 2.21. The van der Waals surface area contributed by atoms with Crippen molar-refractivity contribution in [2.24, 2.45) is 0 Å². The molecule has 0 spiro atoms. The first-order chi connectivity index (χ1) is 9.13. The molecule has 0 saturated heterocycles. The molecule has 19 heavy (non-hydrogen) atoms. The lowest BCUT2D eigenvalue weighted by Crippen LogP contribution is -2.39. The summed E-state index contributed by atoms with van der Waals surface area (Å²) >= 11 is 0. The summed E-state index contributed by atoms with van der Waals surface area (Å²) in [6, 6.07) is 8.21. The third kappa shape index (κ3) is 3.31. The molecule has 3 atom stereocenters. The van der Waals surface area contributed by atoms with Crippen LogP contribution in [0.3, 0.4) is 0 Å². The lowest BCUT2D eigenvalue weighted by molar-refractivity contribution is -0.0466. The lowest BCUT2D eigenvalue weighted by atomic mass is 9.79. The zero-order valence-corrected chi connectivity index (χ0v) is 11.4. The summed E-state index contributed by atoms with van der Waals surface area (Å²) in [5.41, 5.74) is 2.48. The molecule has 0 radical (unpaired) electrons. The predicted octanol–water partition coefficient (Wildman–Crippen LogP) is 3.49. The maximum Gasteiger partial charge on any atom is 0.261 e. The smallest absolute Gasteiger partial charge is 0.261 e. The van der Waals surface area contributed by atoms with Crippen molar-refractivity contribution in [2.75, 3.05) is 13.2 Å². The van der Waals surface area contributed by atoms with Crippen LogP contribution in [0.25, 0.3) is 0 Å². The van der Waals surface area contributed by atoms with E-state index in [1.165, 1.54) is 11.1 Å². The van der Waals surface area contributed by atoms with Gasteiger partial charge in [-0.2, -0.15) is 0 Å². The van der Waals surface area contributed by atoms with Crippen molar-refractivity contribution in [3.8, 4) is 0 Å². The van der Waals surface area contributed by atoms with Gasteiger partial charge in [-0.3, -0.25) is 0 Å². The van der Waals surface area contributed by atoms with Gasteiger partial charge in [0, 0.05) is 0 Å². The molecule has 106 valence electrons. The van der Waals surface area contributed by atoms with Crippen molar-refractivity contribution in [3.05, 3.63) is 35.4 Å². The van der Waals surface area contributed by atoms with Gasteiger partial charge in [-0.1, -0.05) is 38.1 Å². The van der Waals surface area contributed by atoms with Crippen LogP contribution in [-0.4, -0.2) is 25.7 Å². The zero-order valence-electron chi connectivity index (χ0n) is 11.4. The van der Waals surface area contributed by atoms with Gasteiger partial charge >= 0.3 is 0 Å². The first-order valence-corrected chi connectivity index (χ1v) is 6.85. The van der Waals surface area contributed by atoms with E-state index in [1.807, 2.05) is 19.1 Å². The highest BCUT2D eigenvalue weighted by Crippen LogP contribution is 2.38. The van der Waals surface area contributed by atoms with E-state index in [1.54, 1.807) is 0 Å².